The van der Waals surface area contributed by atoms with Gasteiger partial charge in [-0.1, -0.05) is 6.92 Å². The first-order valence-corrected chi connectivity index (χ1v) is 2.43. The van der Waals surface area contributed by atoms with Gasteiger partial charge in [-0.2, -0.15) is 4.39 Å². The molecule has 0 saturated heterocycles. The topological polar surface area (TPSA) is 46.5 Å². The van der Waals surface area contributed by atoms with Gasteiger partial charge in [0, 0.05) is 0 Å². The second-order valence-electron chi connectivity index (χ2n) is 1.28. The minimum Gasteiger partial charge on any atom is -0.449 e. The van der Waals surface area contributed by atoms with Gasteiger partial charge in [0.1, 0.15) is 0 Å². The molecule has 0 fully saturated rings. The third-order valence-corrected chi connectivity index (χ3v) is 0.549. The van der Waals surface area contributed by atoms with Crippen molar-refractivity contribution in [3.05, 3.63) is 12.1 Å². The number of allylic oxidation sites excluding steroid dienone is 1. The van der Waals surface area contributed by atoms with Gasteiger partial charge in [-0.15, -0.1) is 0 Å². The van der Waals surface area contributed by atoms with Gasteiger partial charge in [0.25, 0.3) is 6.01 Å². The van der Waals surface area contributed by atoms with Gasteiger partial charge in [0.05, 0.1) is 0 Å². The summed E-state index contributed by atoms with van der Waals surface area (Å²) in [6.45, 7) is 1.67. The first kappa shape index (κ1) is 7.94. The largest absolute Gasteiger partial charge is 0.513 e. The highest BCUT2D eigenvalue weighted by Crippen LogP contribution is 1.99. The number of carbonyl (C=O) groups is 1. The summed E-state index contributed by atoms with van der Waals surface area (Å²) in [5, 5.41) is 7.81. The molecule has 0 aliphatic rings. The SMILES string of the molecule is CCC=C(F)OC(=O)O. The highest BCUT2D eigenvalue weighted by atomic mass is 19.1. The van der Waals surface area contributed by atoms with Crippen LogP contribution in [0.25, 0.3) is 0 Å². The monoisotopic (exact) mass is 134 g/mol. The predicted octanol–water partition coefficient (Wildman–Crippen LogP) is 1.90. The summed E-state index contributed by atoms with van der Waals surface area (Å²) in [6.07, 6.45) is -0.176. The summed E-state index contributed by atoms with van der Waals surface area (Å²) >= 11 is 0. The third-order valence-electron chi connectivity index (χ3n) is 0.549. The Balaban J connectivity index is 3.62. The molecule has 0 amide bonds. The Labute approximate surface area is 51.7 Å². The van der Waals surface area contributed by atoms with E-state index in [1.807, 2.05) is 0 Å². The highest BCUT2D eigenvalue weighted by Gasteiger charge is 1.99. The van der Waals surface area contributed by atoms with Crippen molar-refractivity contribution < 1.29 is 19.0 Å². The molecule has 0 atom stereocenters. The van der Waals surface area contributed by atoms with Crippen LogP contribution in [0.15, 0.2) is 12.1 Å². The second-order valence-corrected chi connectivity index (χ2v) is 1.28. The molecule has 0 saturated carbocycles. The van der Waals surface area contributed by atoms with Gasteiger partial charge in [-0.3, -0.25) is 0 Å². The van der Waals surface area contributed by atoms with Crippen LogP contribution in [0, 0.1) is 0 Å². The van der Waals surface area contributed by atoms with E-state index in [0.29, 0.717) is 6.42 Å². The summed E-state index contributed by atoms with van der Waals surface area (Å²) < 4.78 is 15.5. The predicted molar refractivity (Wildman–Crippen MR) is 28.6 cm³/mol. The van der Waals surface area contributed by atoms with Gasteiger partial charge in [-0.25, -0.2) is 4.79 Å². The quantitative estimate of drug-likeness (QED) is 0.463. The number of hydrogen-bond acceptors (Lipinski definition) is 2. The van der Waals surface area contributed by atoms with Crippen molar-refractivity contribution in [1.29, 1.82) is 0 Å². The maximum absolute atomic E-state index is 11.9. The summed E-state index contributed by atoms with van der Waals surface area (Å²) in [7, 11) is 0. The van der Waals surface area contributed by atoms with E-state index in [2.05, 4.69) is 4.74 Å². The Hall–Kier alpha value is -1.06. The summed E-state index contributed by atoms with van der Waals surface area (Å²) in [5.74, 6) is 0. The molecule has 0 aliphatic carbocycles. The van der Waals surface area contributed by atoms with Crippen molar-refractivity contribution in [2.75, 3.05) is 0 Å². The fourth-order valence-electron chi connectivity index (χ4n) is 0.286. The molecule has 0 aromatic rings. The molecule has 52 valence electrons. The fraction of sp³-hybridized carbons (Fsp3) is 0.400. The van der Waals surface area contributed by atoms with Crippen LogP contribution >= 0.6 is 0 Å². The lowest BCUT2D eigenvalue weighted by Gasteiger charge is -1.91. The molecule has 3 nitrogen and oxygen atoms in total. The van der Waals surface area contributed by atoms with Gasteiger partial charge < -0.3 is 9.84 Å². The van der Waals surface area contributed by atoms with Crippen LogP contribution in [-0.2, 0) is 4.74 Å². The number of ether oxygens (including phenoxy) is 1. The molecule has 0 aliphatic heterocycles. The molecule has 4 heteroatoms. The minimum absolute atomic E-state index is 0.416. The van der Waals surface area contributed by atoms with Crippen molar-refractivity contribution in [3.8, 4) is 0 Å². The zero-order chi connectivity index (χ0) is 7.28. The summed E-state index contributed by atoms with van der Waals surface area (Å²) in [4.78, 5) is 9.58. The lowest BCUT2D eigenvalue weighted by Crippen LogP contribution is -1.95. The molecule has 0 heterocycles. The Morgan fingerprint density at radius 2 is 2.44 bits per heavy atom. The Morgan fingerprint density at radius 1 is 1.89 bits per heavy atom. The van der Waals surface area contributed by atoms with Crippen LogP contribution in [0.5, 0.6) is 0 Å². The maximum Gasteiger partial charge on any atom is 0.513 e. The summed E-state index contributed by atoms with van der Waals surface area (Å²) in [5.41, 5.74) is 0. The van der Waals surface area contributed by atoms with Crippen LogP contribution in [0.4, 0.5) is 9.18 Å². The molecule has 0 aromatic carbocycles. The van der Waals surface area contributed by atoms with Crippen molar-refractivity contribution in [1.82, 2.24) is 0 Å². The molecule has 0 bridgehead atoms. The lowest BCUT2D eigenvalue weighted by molar-refractivity contribution is 0.0978. The molecule has 0 spiro atoms. The van der Waals surface area contributed by atoms with Crippen LogP contribution in [0.1, 0.15) is 13.3 Å². The molecule has 0 radical (unpaired) electrons. The van der Waals surface area contributed by atoms with E-state index < -0.39 is 12.2 Å². The van der Waals surface area contributed by atoms with Gasteiger partial charge in [0.2, 0.25) is 0 Å². The lowest BCUT2D eigenvalue weighted by atomic mass is 10.5. The molecule has 9 heavy (non-hydrogen) atoms. The Kier molecular flexibility index (Phi) is 3.43. The zero-order valence-corrected chi connectivity index (χ0v) is 4.93. The van der Waals surface area contributed by atoms with E-state index in [1.165, 1.54) is 0 Å². The fourth-order valence-corrected chi connectivity index (χ4v) is 0.286. The zero-order valence-electron chi connectivity index (χ0n) is 4.93. The number of carboxylic acid groups (broad SMARTS) is 1. The first-order valence-electron chi connectivity index (χ1n) is 2.43. The molecular formula is C5H7FO3. The normalized spacial score (nSPS) is 11.1. The van der Waals surface area contributed by atoms with Crippen molar-refractivity contribution in [2.45, 2.75) is 13.3 Å². The third kappa shape index (κ3) is 4.80. The van der Waals surface area contributed by atoms with Gasteiger partial charge in [-0.05, 0) is 12.5 Å². The molecular weight excluding hydrogens is 127 g/mol. The average Bonchev–Trinajstić information content (AvgIpc) is 1.63. The Bertz CT molecular complexity index is 130. The van der Waals surface area contributed by atoms with E-state index in [1.54, 1.807) is 6.92 Å². The average molecular weight is 134 g/mol. The van der Waals surface area contributed by atoms with Crippen LogP contribution < -0.4 is 0 Å². The highest BCUT2D eigenvalue weighted by molar-refractivity contribution is 5.58. The van der Waals surface area contributed by atoms with E-state index >= 15 is 0 Å². The van der Waals surface area contributed by atoms with E-state index in [0.717, 1.165) is 6.08 Å². The van der Waals surface area contributed by atoms with Crippen molar-refractivity contribution in [3.63, 3.8) is 0 Å². The Morgan fingerprint density at radius 3 is 2.78 bits per heavy atom. The van der Waals surface area contributed by atoms with Gasteiger partial charge in [0.15, 0.2) is 0 Å². The molecule has 0 unspecified atom stereocenters. The van der Waals surface area contributed by atoms with Crippen LogP contribution in [-0.4, -0.2) is 11.3 Å². The van der Waals surface area contributed by atoms with E-state index in [9.17, 15) is 9.18 Å². The maximum atomic E-state index is 11.9. The van der Waals surface area contributed by atoms with E-state index in [-0.39, 0.29) is 0 Å². The van der Waals surface area contributed by atoms with Gasteiger partial charge >= 0.3 is 6.16 Å². The van der Waals surface area contributed by atoms with Crippen LogP contribution in [0.3, 0.4) is 0 Å². The number of halogens is 1. The van der Waals surface area contributed by atoms with Crippen molar-refractivity contribution >= 4 is 6.16 Å². The first-order chi connectivity index (χ1) is 4.16. The number of hydrogen-bond donors (Lipinski definition) is 1. The van der Waals surface area contributed by atoms with E-state index in [4.69, 9.17) is 5.11 Å². The molecule has 0 rings (SSSR count). The van der Waals surface area contributed by atoms with Crippen molar-refractivity contribution in [2.24, 2.45) is 0 Å². The smallest absolute Gasteiger partial charge is 0.449 e. The van der Waals surface area contributed by atoms with Crippen LogP contribution in [0.2, 0.25) is 0 Å². The minimum atomic E-state index is -1.63. The molecule has 0 aromatic heterocycles. The molecule has 1 N–H and O–H groups in total. The second kappa shape index (κ2) is 3.88. The standard InChI is InChI=1S/C5H7FO3/c1-2-3-4(6)9-5(7)8/h3H,2H2,1H3,(H,7,8). The number of rotatable bonds is 2. The summed E-state index contributed by atoms with van der Waals surface area (Å²) in [6, 6.07) is -1.06.